The van der Waals surface area contributed by atoms with E-state index in [1.807, 2.05) is 60.8 Å². The Morgan fingerprint density at radius 2 is 1.95 bits per heavy atom. The van der Waals surface area contributed by atoms with Gasteiger partial charge in [0.1, 0.15) is 0 Å². The van der Waals surface area contributed by atoms with Gasteiger partial charge in [0, 0.05) is 17.3 Å². The number of carbonyl (C=O) groups is 1. The van der Waals surface area contributed by atoms with Crippen LogP contribution in [-0.2, 0) is 11.2 Å². The predicted octanol–water partition coefficient (Wildman–Crippen LogP) is 4.30. The Kier molecular flexibility index (Phi) is 4.30. The van der Waals surface area contributed by atoms with Gasteiger partial charge in [-0.15, -0.1) is 11.3 Å². The van der Waals surface area contributed by atoms with E-state index in [0.29, 0.717) is 6.42 Å². The van der Waals surface area contributed by atoms with Crippen LogP contribution < -0.4 is 5.32 Å². The van der Waals surface area contributed by atoms with Crippen LogP contribution in [-0.4, -0.2) is 10.9 Å². The second kappa shape index (κ2) is 6.54. The van der Waals surface area contributed by atoms with E-state index in [0.717, 1.165) is 27.4 Å². The van der Waals surface area contributed by atoms with Gasteiger partial charge in [-0.3, -0.25) is 9.78 Å². The molecule has 0 bridgehead atoms. The Morgan fingerprint density at radius 3 is 2.73 bits per heavy atom. The van der Waals surface area contributed by atoms with E-state index in [1.54, 1.807) is 6.20 Å². The predicted molar refractivity (Wildman–Crippen MR) is 91.1 cm³/mol. The van der Waals surface area contributed by atoms with Gasteiger partial charge in [-0.1, -0.05) is 30.3 Å². The first-order valence-electron chi connectivity index (χ1n) is 7.06. The lowest BCUT2D eigenvalue weighted by molar-refractivity contribution is -0.115. The van der Waals surface area contributed by atoms with E-state index < -0.39 is 0 Å². The van der Waals surface area contributed by atoms with Crippen LogP contribution in [0.4, 0.5) is 5.00 Å². The number of aromatic nitrogens is 1. The van der Waals surface area contributed by atoms with Crippen molar-refractivity contribution in [2.24, 2.45) is 0 Å². The molecule has 1 aromatic carbocycles. The molecule has 3 rings (SSSR count). The second-order valence-electron chi connectivity index (χ2n) is 5.10. The van der Waals surface area contributed by atoms with E-state index in [1.165, 1.54) is 11.3 Å². The molecule has 0 radical (unpaired) electrons. The van der Waals surface area contributed by atoms with Gasteiger partial charge in [-0.05, 0) is 41.8 Å². The lowest BCUT2D eigenvalue weighted by atomic mass is 10.1. The maximum absolute atomic E-state index is 12.1. The summed E-state index contributed by atoms with van der Waals surface area (Å²) in [6.45, 7) is 1.97. The fraction of sp³-hybridized carbons (Fsp3) is 0.111. The zero-order valence-electron chi connectivity index (χ0n) is 12.2. The second-order valence-corrected chi connectivity index (χ2v) is 6.01. The minimum Gasteiger partial charge on any atom is -0.317 e. The fourth-order valence-electron chi connectivity index (χ4n) is 2.24. The highest BCUT2D eigenvalue weighted by molar-refractivity contribution is 7.14. The number of thiophene rings is 1. The standard InChI is InChI=1S/C18H16N2OS/c1-13-9-15(7-8-19-13)16-11-18(22-12-16)20-17(21)10-14-5-3-2-4-6-14/h2-9,11-12H,10H2,1H3,(H,20,21). The van der Waals surface area contributed by atoms with E-state index in [9.17, 15) is 4.79 Å². The molecular weight excluding hydrogens is 292 g/mol. The quantitative estimate of drug-likeness (QED) is 0.781. The van der Waals surface area contributed by atoms with Gasteiger partial charge in [0.2, 0.25) is 5.91 Å². The third-order valence-corrected chi connectivity index (χ3v) is 4.15. The molecule has 0 atom stereocenters. The highest BCUT2D eigenvalue weighted by atomic mass is 32.1. The minimum absolute atomic E-state index is 0.00510. The van der Waals surface area contributed by atoms with E-state index >= 15 is 0 Å². The van der Waals surface area contributed by atoms with E-state index in [4.69, 9.17) is 0 Å². The molecule has 3 aromatic rings. The summed E-state index contributed by atoms with van der Waals surface area (Å²) in [5.74, 6) is 0.00510. The molecule has 0 aliphatic rings. The number of amides is 1. The molecule has 3 nitrogen and oxygen atoms in total. The summed E-state index contributed by atoms with van der Waals surface area (Å²) < 4.78 is 0. The average Bonchev–Trinajstić information content (AvgIpc) is 2.96. The maximum atomic E-state index is 12.1. The summed E-state index contributed by atoms with van der Waals surface area (Å²) in [4.78, 5) is 16.3. The summed E-state index contributed by atoms with van der Waals surface area (Å²) in [5, 5.41) is 5.87. The van der Waals surface area contributed by atoms with Crippen molar-refractivity contribution in [3.8, 4) is 11.1 Å². The summed E-state index contributed by atoms with van der Waals surface area (Å²) in [7, 11) is 0. The Balaban J connectivity index is 1.68. The van der Waals surface area contributed by atoms with Crippen molar-refractivity contribution in [2.45, 2.75) is 13.3 Å². The van der Waals surface area contributed by atoms with Gasteiger partial charge in [-0.2, -0.15) is 0 Å². The normalized spacial score (nSPS) is 10.4. The third kappa shape index (κ3) is 3.59. The molecule has 0 aliphatic carbocycles. The molecule has 0 saturated heterocycles. The molecule has 2 heterocycles. The van der Waals surface area contributed by atoms with Crippen LogP contribution in [0.3, 0.4) is 0 Å². The number of pyridine rings is 1. The molecule has 1 amide bonds. The van der Waals surface area contributed by atoms with E-state index in [-0.39, 0.29) is 5.91 Å². The van der Waals surface area contributed by atoms with Gasteiger partial charge in [0.05, 0.1) is 11.4 Å². The Labute approximate surface area is 133 Å². The Hall–Kier alpha value is -2.46. The fourth-order valence-corrected chi connectivity index (χ4v) is 3.07. The Morgan fingerprint density at radius 1 is 1.14 bits per heavy atom. The third-order valence-electron chi connectivity index (χ3n) is 3.30. The molecule has 22 heavy (non-hydrogen) atoms. The number of aryl methyl sites for hydroxylation is 1. The largest absolute Gasteiger partial charge is 0.317 e. The molecule has 1 N–H and O–H groups in total. The van der Waals surface area contributed by atoms with Crippen molar-refractivity contribution in [3.63, 3.8) is 0 Å². The van der Waals surface area contributed by atoms with Crippen LogP contribution in [0.5, 0.6) is 0 Å². The molecule has 4 heteroatoms. The molecule has 2 aromatic heterocycles. The Bertz CT molecular complexity index is 781. The molecule has 0 unspecified atom stereocenters. The number of hydrogen-bond donors (Lipinski definition) is 1. The zero-order valence-corrected chi connectivity index (χ0v) is 13.1. The van der Waals surface area contributed by atoms with E-state index in [2.05, 4.69) is 10.3 Å². The zero-order chi connectivity index (χ0) is 15.4. The first kappa shape index (κ1) is 14.5. The first-order chi connectivity index (χ1) is 10.7. The number of hydrogen-bond acceptors (Lipinski definition) is 3. The highest BCUT2D eigenvalue weighted by Gasteiger charge is 2.07. The summed E-state index contributed by atoms with van der Waals surface area (Å²) in [5.41, 5.74) is 4.22. The van der Waals surface area contributed by atoms with Crippen LogP contribution in [0.2, 0.25) is 0 Å². The van der Waals surface area contributed by atoms with Crippen LogP contribution >= 0.6 is 11.3 Å². The molecule has 0 fully saturated rings. The number of nitrogens with zero attached hydrogens (tertiary/aromatic N) is 1. The molecular formula is C18H16N2OS. The van der Waals surface area contributed by atoms with Crippen molar-refractivity contribution in [1.29, 1.82) is 0 Å². The van der Waals surface area contributed by atoms with Crippen LogP contribution in [0, 0.1) is 6.92 Å². The van der Waals surface area contributed by atoms with Crippen LogP contribution in [0.25, 0.3) is 11.1 Å². The van der Waals surface area contributed by atoms with Crippen molar-refractivity contribution < 1.29 is 4.79 Å². The van der Waals surface area contributed by atoms with Gasteiger partial charge >= 0.3 is 0 Å². The first-order valence-corrected chi connectivity index (χ1v) is 7.94. The summed E-state index contributed by atoms with van der Waals surface area (Å²) in [6, 6.07) is 15.8. The lowest BCUT2D eigenvalue weighted by Gasteiger charge is -2.02. The van der Waals surface area contributed by atoms with Crippen LogP contribution in [0.15, 0.2) is 60.1 Å². The molecule has 0 saturated carbocycles. The van der Waals surface area contributed by atoms with Gasteiger partial charge in [0.15, 0.2) is 0 Å². The molecule has 0 spiro atoms. The van der Waals surface area contributed by atoms with Gasteiger partial charge in [-0.25, -0.2) is 0 Å². The minimum atomic E-state index is 0.00510. The topological polar surface area (TPSA) is 42.0 Å². The lowest BCUT2D eigenvalue weighted by Crippen LogP contribution is -2.13. The summed E-state index contributed by atoms with van der Waals surface area (Å²) >= 11 is 1.54. The monoisotopic (exact) mass is 308 g/mol. The SMILES string of the molecule is Cc1cc(-c2csc(NC(=O)Cc3ccccc3)c2)ccn1. The number of benzene rings is 1. The van der Waals surface area contributed by atoms with Crippen molar-refractivity contribution in [3.05, 3.63) is 71.4 Å². The number of nitrogens with one attached hydrogen (secondary N) is 1. The molecule has 110 valence electrons. The van der Waals surface area contributed by atoms with Crippen molar-refractivity contribution >= 4 is 22.2 Å². The maximum Gasteiger partial charge on any atom is 0.229 e. The molecule has 0 aliphatic heterocycles. The van der Waals surface area contributed by atoms with Crippen molar-refractivity contribution in [2.75, 3.05) is 5.32 Å². The smallest absolute Gasteiger partial charge is 0.229 e. The van der Waals surface area contributed by atoms with Crippen LogP contribution in [0.1, 0.15) is 11.3 Å². The highest BCUT2D eigenvalue weighted by Crippen LogP contribution is 2.29. The summed E-state index contributed by atoms with van der Waals surface area (Å²) in [6.07, 6.45) is 2.19. The number of anilines is 1. The number of rotatable bonds is 4. The van der Waals surface area contributed by atoms with Gasteiger partial charge < -0.3 is 5.32 Å². The van der Waals surface area contributed by atoms with Crippen molar-refractivity contribution in [1.82, 2.24) is 4.98 Å². The number of carbonyl (C=O) groups excluding carboxylic acids is 1. The van der Waals surface area contributed by atoms with Gasteiger partial charge in [0.25, 0.3) is 0 Å². The average molecular weight is 308 g/mol.